The fraction of sp³-hybridized carbons (Fsp3) is 0.900. The Balaban J connectivity index is 2.53. The van der Waals surface area contributed by atoms with Crippen molar-refractivity contribution in [3.05, 3.63) is 0 Å². The smallest absolute Gasteiger partial charge is 0.227 e. The summed E-state index contributed by atoms with van der Waals surface area (Å²) in [4.78, 5) is 11.7. The van der Waals surface area contributed by atoms with Gasteiger partial charge in [0.1, 0.15) is 0 Å². The van der Waals surface area contributed by atoms with Gasteiger partial charge in [-0.3, -0.25) is 4.79 Å². The molecule has 76 valence electrons. The molecule has 0 aromatic heterocycles. The summed E-state index contributed by atoms with van der Waals surface area (Å²) in [6, 6.07) is 0.0457. The zero-order chi connectivity index (χ0) is 9.90. The summed E-state index contributed by atoms with van der Waals surface area (Å²) in [5.41, 5.74) is 5.61. The highest BCUT2D eigenvalue weighted by Gasteiger charge is 2.42. The molecule has 3 N–H and O–H groups in total. The largest absolute Gasteiger partial charge is 0.356 e. The van der Waals surface area contributed by atoms with Gasteiger partial charge < -0.3 is 11.1 Å². The lowest BCUT2D eigenvalue weighted by Gasteiger charge is -2.27. The van der Waals surface area contributed by atoms with Crippen LogP contribution in [0.15, 0.2) is 0 Å². The van der Waals surface area contributed by atoms with Gasteiger partial charge in [-0.1, -0.05) is 13.3 Å². The van der Waals surface area contributed by atoms with Crippen molar-refractivity contribution in [1.82, 2.24) is 5.32 Å². The van der Waals surface area contributed by atoms with E-state index in [2.05, 4.69) is 12.2 Å². The molecule has 0 bridgehead atoms. The second-order valence-electron chi connectivity index (χ2n) is 4.17. The number of nitrogens with one attached hydrogen (secondary N) is 1. The Kier molecular flexibility index (Phi) is 3.31. The summed E-state index contributed by atoms with van der Waals surface area (Å²) in [5, 5.41) is 2.93. The molecule has 1 fully saturated rings. The number of rotatable bonds is 3. The average molecular weight is 184 g/mol. The van der Waals surface area contributed by atoms with E-state index in [0.717, 1.165) is 32.2 Å². The molecule has 0 aromatic carbocycles. The quantitative estimate of drug-likeness (QED) is 0.688. The maximum absolute atomic E-state index is 11.7. The van der Waals surface area contributed by atoms with Gasteiger partial charge in [-0.15, -0.1) is 0 Å². The molecule has 1 aliphatic rings. The van der Waals surface area contributed by atoms with Crippen molar-refractivity contribution in [2.24, 2.45) is 11.1 Å². The van der Waals surface area contributed by atoms with Gasteiger partial charge in [-0.05, 0) is 26.2 Å². The first-order valence-electron chi connectivity index (χ1n) is 5.15. The molecule has 0 aliphatic heterocycles. The molecular weight excluding hydrogens is 164 g/mol. The van der Waals surface area contributed by atoms with E-state index in [0.29, 0.717) is 0 Å². The molecule has 1 rings (SSSR count). The number of hydrogen-bond donors (Lipinski definition) is 2. The van der Waals surface area contributed by atoms with Crippen LogP contribution in [-0.2, 0) is 4.79 Å². The van der Waals surface area contributed by atoms with Crippen molar-refractivity contribution in [1.29, 1.82) is 0 Å². The lowest BCUT2D eigenvalue weighted by Crippen LogP contribution is -2.47. The van der Waals surface area contributed by atoms with Crippen LogP contribution in [0.25, 0.3) is 0 Å². The number of amides is 1. The highest BCUT2D eigenvalue weighted by Crippen LogP contribution is 2.36. The molecule has 13 heavy (non-hydrogen) atoms. The first-order chi connectivity index (χ1) is 6.11. The maximum Gasteiger partial charge on any atom is 0.227 e. The van der Waals surface area contributed by atoms with Gasteiger partial charge in [0.25, 0.3) is 0 Å². The summed E-state index contributed by atoms with van der Waals surface area (Å²) >= 11 is 0. The third-order valence-corrected chi connectivity index (χ3v) is 3.08. The Bertz CT molecular complexity index is 193. The van der Waals surface area contributed by atoms with Gasteiger partial charge in [0.05, 0.1) is 5.41 Å². The van der Waals surface area contributed by atoms with Gasteiger partial charge in [-0.25, -0.2) is 0 Å². The number of hydrogen-bond acceptors (Lipinski definition) is 2. The Morgan fingerprint density at radius 3 is 2.85 bits per heavy atom. The third kappa shape index (κ3) is 2.02. The molecule has 0 radical (unpaired) electrons. The van der Waals surface area contributed by atoms with E-state index in [1.165, 1.54) is 0 Å². The van der Waals surface area contributed by atoms with Crippen molar-refractivity contribution >= 4 is 5.91 Å². The second kappa shape index (κ2) is 4.09. The lowest BCUT2D eigenvalue weighted by atomic mass is 9.84. The van der Waals surface area contributed by atoms with Crippen molar-refractivity contribution < 1.29 is 4.79 Å². The van der Waals surface area contributed by atoms with E-state index in [1.54, 1.807) is 0 Å². The zero-order valence-electron chi connectivity index (χ0n) is 8.60. The van der Waals surface area contributed by atoms with Gasteiger partial charge >= 0.3 is 0 Å². The standard InChI is InChI=1S/C10H20N2O/c1-3-7-12-9(13)10(2)6-4-5-8(10)11/h8H,3-7,11H2,1-2H3,(H,12,13). The molecule has 2 unspecified atom stereocenters. The SMILES string of the molecule is CCCNC(=O)C1(C)CCCC1N. The predicted molar refractivity (Wildman–Crippen MR) is 53.2 cm³/mol. The van der Waals surface area contributed by atoms with Crippen LogP contribution in [0, 0.1) is 5.41 Å². The Labute approximate surface area is 80.1 Å². The highest BCUT2D eigenvalue weighted by molar-refractivity contribution is 5.83. The molecule has 3 nitrogen and oxygen atoms in total. The fourth-order valence-corrected chi connectivity index (χ4v) is 1.92. The van der Waals surface area contributed by atoms with Crippen molar-refractivity contribution in [2.45, 2.75) is 45.6 Å². The molecule has 0 spiro atoms. The second-order valence-corrected chi connectivity index (χ2v) is 4.17. The maximum atomic E-state index is 11.7. The Hall–Kier alpha value is -0.570. The topological polar surface area (TPSA) is 55.1 Å². The molecule has 1 saturated carbocycles. The van der Waals surface area contributed by atoms with Crippen molar-refractivity contribution in [2.75, 3.05) is 6.54 Å². The normalized spacial score (nSPS) is 33.3. The van der Waals surface area contributed by atoms with E-state index in [4.69, 9.17) is 5.73 Å². The van der Waals surface area contributed by atoms with E-state index in [9.17, 15) is 4.79 Å². The number of carbonyl (C=O) groups excluding carboxylic acids is 1. The van der Waals surface area contributed by atoms with Crippen LogP contribution in [0.5, 0.6) is 0 Å². The van der Waals surface area contributed by atoms with E-state index in [-0.39, 0.29) is 17.4 Å². The first kappa shape index (κ1) is 10.5. The van der Waals surface area contributed by atoms with E-state index >= 15 is 0 Å². The average Bonchev–Trinajstić information content (AvgIpc) is 2.44. The summed E-state index contributed by atoms with van der Waals surface area (Å²) in [7, 11) is 0. The molecule has 2 atom stereocenters. The Morgan fingerprint density at radius 1 is 1.69 bits per heavy atom. The van der Waals surface area contributed by atoms with Crippen molar-refractivity contribution in [3.8, 4) is 0 Å². The van der Waals surface area contributed by atoms with E-state index in [1.807, 2.05) is 6.92 Å². The molecule has 1 aliphatic carbocycles. The lowest BCUT2D eigenvalue weighted by molar-refractivity contribution is -0.130. The summed E-state index contributed by atoms with van der Waals surface area (Å²) in [6.45, 7) is 4.80. The highest BCUT2D eigenvalue weighted by atomic mass is 16.2. The predicted octanol–water partition coefficient (Wildman–Crippen LogP) is 1.03. The van der Waals surface area contributed by atoms with Crippen LogP contribution in [0.3, 0.4) is 0 Å². The molecule has 1 amide bonds. The molecule has 0 saturated heterocycles. The summed E-state index contributed by atoms with van der Waals surface area (Å²) in [5.74, 6) is 0.138. The number of carbonyl (C=O) groups is 1. The van der Waals surface area contributed by atoms with Crippen LogP contribution < -0.4 is 11.1 Å². The minimum Gasteiger partial charge on any atom is -0.356 e. The minimum atomic E-state index is -0.310. The van der Waals surface area contributed by atoms with Crippen LogP contribution >= 0.6 is 0 Å². The summed E-state index contributed by atoms with van der Waals surface area (Å²) < 4.78 is 0. The number of nitrogens with two attached hydrogens (primary N) is 1. The first-order valence-corrected chi connectivity index (χ1v) is 5.15. The fourth-order valence-electron chi connectivity index (χ4n) is 1.92. The van der Waals surface area contributed by atoms with Crippen LogP contribution in [0.2, 0.25) is 0 Å². The van der Waals surface area contributed by atoms with Gasteiger partial charge in [0, 0.05) is 12.6 Å². The van der Waals surface area contributed by atoms with Crippen LogP contribution in [0.4, 0.5) is 0 Å². The molecule has 0 heterocycles. The molecular formula is C10H20N2O. The Morgan fingerprint density at radius 2 is 2.38 bits per heavy atom. The zero-order valence-corrected chi connectivity index (χ0v) is 8.60. The summed E-state index contributed by atoms with van der Waals surface area (Å²) in [6.07, 6.45) is 3.98. The molecule has 3 heteroatoms. The van der Waals surface area contributed by atoms with Gasteiger partial charge in [-0.2, -0.15) is 0 Å². The third-order valence-electron chi connectivity index (χ3n) is 3.08. The van der Waals surface area contributed by atoms with Gasteiger partial charge in [0.2, 0.25) is 5.91 Å². The van der Waals surface area contributed by atoms with Crippen LogP contribution in [0.1, 0.15) is 39.5 Å². The van der Waals surface area contributed by atoms with Gasteiger partial charge in [0.15, 0.2) is 0 Å². The minimum absolute atomic E-state index is 0.0457. The van der Waals surface area contributed by atoms with E-state index < -0.39 is 0 Å². The van der Waals surface area contributed by atoms with Crippen molar-refractivity contribution in [3.63, 3.8) is 0 Å². The monoisotopic (exact) mass is 184 g/mol. The molecule has 0 aromatic rings. The van der Waals surface area contributed by atoms with Crippen LogP contribution in [-0.4, -0.2) is 18.5 Å².